The topological polar surface area (TPSA) is 84.9 Å². The third kappa shape index (κ3) is 5.46. The van der Waals surface area contributed by atoms with Crippen molar-refractivity contribution < 1.29 is 22.7 Å². The van der Waals surface area contributed by atoms with Crippen LogP contribution in [0.4, 0.5) is 0 Å². The molecule has 0 bridgehead atoms. The molecule has 1 aliphatic rings. The summed E-state index contributed by atoms with van der Waals surface area (Å²) in [4.78, 5) is 12.4. The number of carbonyl (C=O) groups excluding carboxylic acids is 1. The van der Waals surface area contributed by atoms with Gasteiger partial charge in [0, 0.05) is 37.7 Å². The number of carbonyl (C=O) groups is 1. The maximum Gasteiger partial charge on any atom is 0.252 e. The number of sulfonamides is 1. The van der Waals surface area contributed by atoms with E-state index < -0.39 is 10.0 Å². The number of rotatable bonds is 8. The Labute approximate surface area is 186 Å². The first-order chi connectivity index (χ1) is 14.3. The molecule has 7 nitrogen and oxygen atoms in total. The van der Waals surface area contributed by atoms with Crippen molar-refractivity contribution in [3.8, 4) is 11.5 Å². The molecule has 1 saturated heterocycles. The van der Waals surface area contributed by atoms with Crippen LogP contribution in [0.1, 0.15) is 24.8 Å². The summed E-state index contributed by atoms with van der Waals surface area (Å²) >= 11 is 6.93. The smallest absolute Gasteiger partial charge is 0.252 e. The fraction of sp³-hybridized carbons (Fsp3) is 0.450. The molecule has 0 radical (unpaired) electrons. The number of methoxy groups -OCH3 is 2. The zero-order chi connectivity index (χ0) is 21.7. The molecule has 0 unspecified atom stereocenters. The van der Waals surface area contributed by atoms with Crippen LogP contribution in [-0.2, 0) is 21.4 Å². The van der Waals surface area contributed by atoms with Gasteiger partial charge in [-0.2, -0.15) is 4.31 Å². The zero-order valence-electron chi connectivity index (χ0n) is 16.9. The fourth-order valence-corrected chi connectivity index (χ4v) is 6.55. The van der Waals surface area contributed by atoms with Crippen molar-refractivity contribution in [2.24, 2.45) is 5.92 Å². The molecule has 3 rings (SSSR count). The lowest BCUT2D eigenvalue weighted by Gasteiger charge is -2.30. The molecule has 2 aromatic rings. The first-order valence-corrected chi connectivity index (χ1v) is 12.2. The van der Waals surface area contributed by atoms with Crippen LogP contribution in [0.25, 0.3) is 0 Å². The Morgan fingerprint density at radius 2 is 1.93 bits per heavy atom. The van der Waals surface area contributed by atoms with Crippen molar-refractivity contribution >= 4 is 38.9 Å². The van der Waals surface area contributed by atoms with Crippen molar-refractivity contribution in [2.75, 3.05) is 27.3 Å². The number of piperidine rings is 1. The van der Waals surface area contributed by atoms with E-state index in [0.717, 1.165) is 16.9 Å². The summed E-state index contributed by atoms with van der Waals surface area (Å²) in [6.45, 7) is 1.17. The molecule has 1 N–H and O–H groups in total. The van der Waals surface area contributed by atoms with Gasteiger partial charge in [0.15, 0.2) is 0 Å². The Kier molecular flexibility index (Phi) is 7.62. The molecule has 1 aliphatic heterocycles. The second kappa shape index (κ2) is 10.00. The zero-order valence-corrected chi connectivity index (χ0v) is 19.3. The summed E-state index contributed by atoms with van der Waals surface area (Å²) < 4.78 is 38.1. The van der Waals surface area contributed by atoms with Crippen LogP contribution in [0.15, 0.2) is 34.5 Å². The van der Waals surface area contributed by atoms with Crippen LogP contribution in [0.2, 0.25) is 4.34 Å². The van der Waals surface area contributed by atoms with Gasteiger partial charge in [0.05, 0.1) is 18.6 Å². The summed E-state index contributed by atoms with van der Waals surface area (Å²) in [6, 6.07) is 8.58. The van der Waals surface area contributed by atoms with Crippen LogP contribution in [0, 0.1) is 5.92 Å². The number of hydrogen-bond donors (Lipinski definition) is 1. The molecule has 0 aliphatic carbocycles. The van der Waals surface area contributed by atoms with Gasteiger partial charge in [0.25, 0.3) is 10.0 Å². The SMILES string of the molecule is COc1ccc(CNC(=O)CC2CCN(S(=O)(=O)c3ccc(Cl)s3)CC2)c(OC)c1. The third-order valence-corrected chi connectivity index (χ3v) is 8.76. The second-order valence-electron chi connectivity index (χ2n) is 7.06. The molecule has 10 heteroatoms. The third-order valence-electron chi connectivity index (χ3n) is 5.16. The minimum Gasteiger partial charge on any atom is -0.497 e. The quantitative estimate of drug-likeness (QED) is 0.635. The lowest BCUT2D eigenvalue weighted by molar-refractivity contribution is -0.122. The molecule has 30 heavy (non-hydrogen) atoms. The van der Waals surface area contributed by atoms with Crippen molar-refractivity contribution in [3.05, 3.63) is 40.2 Å². The minimum atomic E-state index is -3.51. The average molecular weight is 473 g/mol. The van der Waals surface area contributed by atoms with Crippen LogP contribution >= 0.6 is 22.9 Å². The van der Waals surface area contributed by atoms with Gasteiger partial charge in [-0.15, -0.1) is 11.3 Å². The minimum absolute atomic E-state index is 0.0563. The first kappa shape index (κ1) is 22.9. The van der Waals surface area contributed by atoms with Gasteiger partial charge in [-0.3, -0.25) is 4.79 Å². The Hall–Kier alpha value is -1.81. The second-order valence-corrected chi connectivity index (χ2v) is 10.9. The van der Waals surface area contributed by atoms with Crippen LogP contribution in [-0.4, -0.2) is 45.9 Å². The predicted octanol–water partition coefficient (Wildman–Crippen LogP) is 3.53. The molecule has 0 spiro atoms. The molecular formula is C20H25ClN2O5S2. The maximum atomic E-state index is 12.7. The Morgan fingerprint density at radius 1 is 1.20 bits per heavy atom. The average Bonchev–Trinajstić information content (AvgIpc) is 3.19. The van der Waals surface area contributed by atoms with Crippen LogP contribution < -0.4 is 14.8 Å². The molecule has 1 amide bonds. The van der Waals surface area contributed by atoms with E-state index in [9.17, 15) is 13.2 Å². The van der Waals surface area contributed by atoms with Gasteiger partial charge in [0.2, 0.25) is 5.91 Å². The van der Waals surface area contributed by atoms with E-state index in [-0.39, 0.29) is 16.0 Å². The van der Waals surface area contributed by atoms with Crippen molar-refractivity contribution in [1.82, 2.24) is 9.62 Å². The van der Waals surface area contributed by atoms with Gasteiger partial charge in [-0.1, -0.05) is 11.6 Å². The van der Waals surface area contributed by atoms with E-state index in [1.165, 1.54) is 10.4 Å². The molecule has 1 fully saturated rings. The molecule has 0 saturated carbocycles. The van der Waals surface area contributed by atoms with Crippen molar-refractivity contribution in [2.45, 2.75) is 30.0 Å². The maximum absolute atomic E-state index is 12.7. The van der Waals surface area contributed by atoms with Crippen LogP contribution in [0.3, 0.4) is 0 Å². The molecule has 1 aromatic heterocycles. The molecule has 164 valence electrons. The van der Waals surface area contributed by atoms with E-state index in [1.54, 1.807) is 26.4 Å². The van der Waals surface area contributed by atoms with E-state index in [2.05, 4.69) is 5.32 Å². The van der Waals surface area contributed by atoms with Crippen molar-refractivity contribution in [3.63, 3.8) is 0 Å². The Morgan fingerprint density at radius 3 is 2.53 bits per heavy atom. The number of thiophene rings is 1. The van der Waals surface area contributed by atoms with Crippen LogP contribution in [0.5, 0.6) is 11.5 Å². The number of nitrogens with zero attached hydrogens (tertiary/aromatic N) is 1. The summed E-state index contributed by atoms with van der Waals surface area (Å²) in [6.07, 6.45) is 1.67. The van der Waals surface area contributed by atoms with Gasteiger partial charge in [0.1, 0.15) is 15.7 Å². The lowest BCUT2D eigenvalue weighted by atomic mass is 9.94. The highest BCUT2D eigenvalue weighted by molar-refractivity contribution is 7.91. The van der Waals surface area contributed by atoms with Gasteiger partial charge < -0.3 is 14.8 Å². The van der Waals surface area contributed by atoms with Gasteiger partial charge in [-0.25, -0.2) is 8.42 Å². The molecule has 2 heterocycles. The highest BCUT2D eigenvalue weighted by atomic mass is 35.5. The number of ether oxygens (including phenoxy) is 2. The van der Waals surface area contributed by atoms with E-state index in [0.29, 0.717) is 54.7 Å². The Bertz CT molecular complexity index is 985. The molecule has 1 aromatic carbocycles. The summed E-state index contributed by atoms with van der Waals surface area (Å²) in [7, 11) is -0.349. The molecule has 0 atom stereocenters. The monoisotopic (exact) mass is 472 g/mol. The van der Waals surface area contributed by atoms with E-state index >= 15 is 0 Å². The van der Waals surface area contributed by atoms with E-state index in [4.69, 9.17) is 21.1 Å². The summed E-state index contributed by atoms with van der Waals surface area (Å²) in [5.74, 6) is 1.44. The largest absolute Gasteiger partial charge is 0.497 e. The number of halogens is 1. The fourth-order valence-electron chi connectivity index (χ4n) is 3.44. The number of nitrogens with one attached hydrogen (secondary N) is 1. The standard InChI is InChI=1S/C20H25ClN2O5S2/c1-27-16-4-3-15(17(12-16)28-2)13-22-19(24)11-14-7-9-23(10-8-14)30(25,26)20-6-5-18(21)29-20/h3-6,12,14H,7-11,13H2,1-2H3,(H,22,24). The number of benzene rings is 1. The highest BCUT2D eigenvalue weighted by Crippen LogP contribution is 2.31. The first-order valence-electron chi connectivity index (χ1n) is 9.56. The van der Waals surface area contributed by atoms with Gasteiger partial charge in [-0.05, 0) is 43.0 Å². The number of amides is 1. The molecular weight excluding hydrogens is 448 g/mol. The number of hydrogen-bond acceptors (Lipinski definition) is 6. The Balaban J connectivity index is 1.49. The van der Waals surface area contributed by atoms with E-state index in [1.807, 2.05) is 12.1 Å². The normalized spacial score (nSPS) is 15.7. The summed E-state index contributed by atoms with van der Waals surface area (Å²) in [5, 5.41) is 2.92. The van der Waals surface area contributed by atoms with Crippen molar-refractivity contribution in [1.29, 1.82) is 0 Å². The highest BCUT2D eigenvalue weighted by Gasteiger charge is 2.31. The van der Waals surface area contributed by atoms with Gasteiger partial charge >= 0.3 is 0 Å². The predicted molar refractivity (Wildman–Crippen MR) is 117 cm³/mol. The lowest BCUT2D eigenvalue weighted by Crippen LogP contribution is -2.39. The summed E-state index contributed by atoms with van der Waals surface area (Å²) in [5.41, 5.74) is 0.863.